The number of nitrogens with zero attached hydrogens (tertiary/aromatic N) is 5. The van der Waals surface area contributed by atoms with Crippen molar-refractivity contribution in [1.82, 2.24) is 24.5 Å². The van der Waals surface area contributed by atoms with Gasteiger partial charge in [-0.2, -0.15) is 10.2 Å². The quantitative estimate of drug-likeness (QED) is 0.726. The summed E-state index contributed by atoms with van der Waals surface area (Å²) < 4.78 is 9.67. The largest absolute Gasteiger partial charge is 0.381 e. The smallest absolute Gasteiger partial charge is 0.159 e. The first-order chi connectivity index (χ1) is 12.2. The highest BCUT2D eigenvalue weighted by molar-refractivity contribution is 5.81. The van der Waals surface area contributed by atoms with Crippen LogP contribution in [-0.4, -0.2) is 37.8 Å². The van der Waals surface area contributed by atoms with E-state index in [4.69, 9.17) is 14.8 Å². The first kappa shape index (κ1) is 16.3. The molecule has 0 spiro atoms. The lowest BCUT2D eigenvalue weighted by atomic mass is 10.1. The molecule has 25 heavy (non-hydrogen) atoms. The van der Waals surface area contributed by atoms with Crippen molar-refractivity contribution in [2.45, 2.75) is 52.1 Å². The first-order valence-electron chi connectivity index (χ1n) is 9.18. The minimum Gasteiger partial charge on any atom is -0.381 e. The summed E-state index contributed by atoms with van der Waals surface area (Å²) in [4.78, 5) is 5.00. The predicted molar refractivity (Wildman–Crippen MR) is 97.6 cm³/mol. The molecule has 0 aromatic carbocycles. The Labute approximate surface area is 147 Å². The Bertz CT molecular complexity index is 873. The summed E-state index contributed by atoms with van der Waals surface area (Å²) in [7, 11) is 0. The van der Waals surface area contributed by atoms with Gasteiger partial charge in [-0.3, -0.25) is 4.68 Å². The van der Waals surface area contributed by atoms with Gasteiger partial charge in [0.25, 0.3) is 0 Å². The summed E-state index contributed by atoms with van der Waals surface area (Å²) in [6.07, 6.45) is 4.75. The van der Waals surface area contributed by atoms with Gasteiger partial charge in [0.05, 0.1) is 23.1 Å². The van der Waals surface area contributed by atoms with Gasteiger partial charge in [-0.25, -0.2) is 9.67 Å². The molecule has 3 aromatic rings. The van der Waals surface area contributed by atoms with Crippen LogP contribution in [0.1, 0.15) is 51.4 Å². The van der Waals surface area contributed by atoms with Gasteiger partial charge in [0, 0.05) is 30.8 Å². The van der Waals surface area contributed by atoms with Crippen molar-refractivity contribution < 1.29 is 4.74 Å². The third kappa shape index (κ3) is 2.84. The van der Waals surface area contributed by atoms with Crippen LogP contribution in [0.5, 0.6) is 0 Å². The Morgan fingerprint density at radius 1 is 1.20 bits per heavy atom. The monoisotopic (exact) mass is 339 g/mol. The Kier molecular flexibility index (Phi) is 4.29. The molecule has 0 aliphatic carbocycles. The Balaban J connectivity index is 1.84. The molecule has 4 rings (SSSR count). The molecular formula is C19H25N5O. The second kappa shape index (κ2) is 6.59. The number of hydrogen-bond donors (Lipinski definition) is 0. The SMILES string of the molecule is CCc1nn(C2CCOCC2)c2nc(-c3ccnn3C(C)C)ccc12. The molecule has 4 heterocycles. The van der Waals surface area contributed by atoms with E-state index in [-0.39, 0.29) is 0 Å². The van der Waals surface area contributed by atoms with Gasteiger partial charge in [-0.1, -0.05) is 6.92 Å². The Morgan fingerprint density at radius 3 is 2.72 bits per heavy atom. The van der Waals surface area contributed by atoms with Crippen LogP contribution in [0, 0.1) is 0 Å². The molecule has 0 atom stereocenters. The summed E-state index contributed by atoms with van der Waals surface area (Å²) in [5, 5.41) is 10.5. The second-order valence-corrected chi connectivity index (χ2v) is 6.91. The zero-order valence-corrected chi connectivity index (χ0v) is 15.1. The third-order valence-corrected chi connectivity index (χ3v) is 4.92. The van der Waals surface area contributed by atoms with Crippen molar-refractivity contribution in [1.29, 1.82) is 0 Å². The number of hydrogen-bond acceptors (Lipinski definition) is 4. The number of pyridine rings is 1. The normalized spacial score (nSPS) is 16.2. The van der Waals surface area contributed by atoms with Crippen LogP contribution >= 0.6 is 0 Å². The molecule has 1 aliphatic rings. The lowest BCUT2D eigenvalue weighted by molar-refractivity contribution is 0.0672. The highest BCUT2D eigenvalue weighted by atomic mass is 16.5. The number of aromatic nitrogens is 5. The number of fused-ring (bicyclic) bond motifs is 1. The van der Waals surface area contributed by atoms with Crippen LogP contribution in [0.2, 0.25) is 0 Å². The van der Waals surface area contributed by atoms with Gasteiger partial charge < -0.3 is 4.74 Å². The molecule has 0 radical (unpaired) electrons. The highest BCUT2D eigenvalue weighted by Gasteiger charge is 2.22. The van der Waals surface area contributed by atoms with E-state index >= 15 is 0 Å². The van der Waals surface area contributed by atoms with Gasteiger partial charge in [-0.15, -0.1) is 0 Å². The molecule has 0 amide bonds. The summed E-state index contributed by atoms with van der Waals surface area (Å²) in [5.41, 5.74) is 4.11. The van der Waals surface area contributed by atoms with Gasteiger partial charge >= 0.3 is 0 Å². The molecule has 6 heteroatoms. The van der Waals surface area contributed by atoms with E-state index in [0.717, 1.165) is 60.6 Å². The van der Waals surface area contributed by atoms with Crippen LogP contribution in [0.15, 0.2) is 24.4 Å². The van der Waals surface area contributed by atoms with Crippen molar-refractivity contribution in [3.63, 3.8) is 0 Å². The zero-order valence-electron chi connectivity index (χ0n) is 15.1. The topological polar surface area (TPSA) is 57.8 Å². The molecule has 1 saturated heterocycles. The fourth-order valence-electron chi connectivity index (χ4n) is 3.60. The summed E-state index contributed by atoms with van der Waals surface area (Å²) in [6.45, 7) is 8.02. The molecule has 0 N–H and O–H groups in total. The number of rotatable bonds is 4. The van der Waals surface area contributed by atoms with Crippen molar-refractivity contribution in [2.75, 3.05) is 13.2 Å². The van der Waals surface area contributed by atoms with Crippen LogP contribution in [-0.2, 0) is 11.2 Å². The third-order valence-electron chi connectivity index (χ3n) is 4.92. The summed E-state index contributed by atoms with van der Waals surface area (Å²) in [5.74, 6) is 0. The lowest BCUT2D eigenvalue weighted by Gasteiger charge is -2.22. The van der Waals surface area contributed by atoms with E-state index in [1.807, 2.05) is 16.9 Å². The molecule has 1 fully saturated rings. The maximum atomic E-state index is 5.52. The van der Waals surface area contributed by atoms with Gasteiger partial charge in [0.15, 0.2) is 5.65 Å². The maximum Gasteiger partial charge on any atom is 0.159 e. The van der Waals surface area contributed by atoms with E-state index < -0.39 is 0 Å². The highest BCUT2D eigenvalue weighted by Crippen LogP contribution is 2.29. The van der Waals surface area contributed by atoms with Gasteiger partial charge in [-0.05, 0) is 51.3 Å². The fourth-order valence-corrected chi connectivity index (χ4v) is 3.60. The van der Waals surface area contributed by atoms with Gasteiger partial charge in [0.1, 0.15) is 0 Å². The summed E-state index contributed by atoms with van der Waals surface area (Å²) in [6, 6.07) is 6.96. The average molecular weight is 339 g/mol. The standard InChI is InChI=1S/C19H25N5O/c1-4-16-15-5-6-17(18-7-10-20-23(18)13(2)3)21-19(15)24(22-16)14-8-11-25-12-9-14/h5-7,10,13-14H,4,8-9,11-12H2,1-3H3. The van der Waals surface area contributed by atoms with Crippen molar-refractivity contribution in [3.05, 3.63) is 30.1 Å². The van der Waals surface area contributed by atoms with Crippen LogP contribution in [0.4, 0.5) is 0 Å². The fraction of sp³-hybridized carbons (Fsp3) is 0.526. The molecular weight excluding hydrogens is 314 g/mol. The zero-order chi connectivity index (χ0) is 17.4. The van der Waals surface area contributed by atoms with E-state index in [1.165, 1.54) is 0 Å². The Morgan fingerprint density at radius 2 is 2.00 bits per heavy atom. The molecule has 6 nitrogen and oxygen atoms in total. The molecule has 0 bridgehead atoms. The first-order valence-corrected chi connectivity index (χ1v) is 9.18. The van der Waals surface area contributed by atoms with Crippen LogP contribution < -0.4 is 0 Å². The molecule has 3 aromatic heterocycles. The van der Waals surface area contributed by atoms with Crippen molar-refractivity contribution in [2.24, 2.45) is 0 Å². The second-order valence-electron chi connectivity index (χ2n) is 6.91. The Hall–Kier alpha value is -2.21. The average Bonchev–Trinajstić information content (AvgIpc) is 3.27. The number of ether oxygens (including phenoxy) is 1. The molecule has 0 saturated carbocycles. The predicted octanol–water partition coefficient (Wildman–Crippen LogP) is 3.79. The molecule has 132 valence electrons. The van der Waals surface area contributed by atoms with Crippen LogP contribution in [0.3, 0.4) is 0 Å². The minimum atomic E-state index is 0.300. The van der Waals surface area contributed by atoms with E-state index in [9.17, 15) is 0 Å². The van der Waals surface area contributed by atoms with E-state index in [1.54, 1.807) is 0 Å². The van der Waals surface area contributed by atoms with Crippen LogP contribution in [0.25, 0.3) is 22.4 Å². The molecule has 1 aliphatic heterocycles. The minimum absolute atomic E-state index is 0.300. The number of aryl methyl sites for hydroxylation is 1. The maximum absolute atomic E-state index is 5.52. The molecule has 0 unspecified atom stereocenters. The van der Waals surface area contributed by atoms with E-state index in [2.05, 4.69) is 42.7 Å². The van der Waals surface area contributed by atoms with Gasteiger partial charge in [0.2, 0.25) is 0 Å². The van der Waals surface area contributed by atoms with E-state index in [0.29, 0.717) is 12.1 Å². The van der Waals surface area contributed by atoms with Crippen molar-refractivity contribution >= 4 is 11.0 Å². The van der Waals surface area contributed by atoms with Crippen molar-refractivity contribution in [3.8, 4) is 11.4 Å². The lowest BCUT2D eigenvalue weighted by Crippen LogP contribution is -2.21. The summed E-state index contributed by atoms with van der Waals surface area (Å²) >= 11 is 0.